The van der Waals surface area contributed by atoms with Gasteiger partial charge in [0.1, 0.15) is 0 Å². The third-order valence-electron chi connectivity index (χ3n) is 4.93. The quantitative estimate of drug-likeness (QED) is 0.310. The van der Waals surface area contributed by atoms with Crippen LogP contribution in [0.1, 0.15) is 59.3 Å². The number of hydrogen-bond acceptors (Lipinski definition) is 1. The van der Waals surface area contributed by atoms with E-state index in [9.17, 15) is 0 Å². The van der Waals surface area contributed by atoms with E-state index in [0.717, 1.165) is 12.4 Å². The van der Waals surface area contributed by atoms with Crippen molar-refractivity contribution in [2.75, 3.05) is 6.61 Å². The molecule has 130 valence electrons. The van der Waals surface area contributed by atoms with Gasteiger partial charge < -0.3 is 0 Å². The Morgan fingerprint density at radius 1 is 0.870 bits per heavy atom. The predicted octanol–water partition coefficient (Wildman–Crippen LogP) is 7.01. The first-order valence-electron chi connectivity index (χ1n) is 9.54. The zero-order valence-corrected chi connectivity index (χ0v) is 18.4. The van der Waals surface area contributed by atoms with Crippen LogP contribution in [0.2, 0.25) is 13.3 Å². The summed E-state index contributed by atoms with van der Waals surface area (Å²) < 4.78 is 12.0. The van der Waals surface area contributed by atoms with Crippen LogP contribution in [-0.4, -0.2) is 25.0 Å². The van der Waals surface area contributed by atoms with Crippen molar-refractivity contribution in [1.82, 2.24) is 0 Å². The summed E-state index contributed by atoms with van der Waals surface area (Å²) in [5.41, 5.74) is 0. The molecule has 1 nitrogen and oxygen atoms in total. The number of para-hydroxylation sites is 1. The molecule has 0 aliphatic rings. The SMILES string of the molecule is C=[C](COc1ccccc1)[Sn]([CH2]CCC)([CH2]CCC)[CH2]CCC. The fourth-order valence-corrected chi connectivity index (χ4v) is 18.4. The minimum absolute atomic E-state index is 0.747. The molecule has 0 aliphatic carbocycles. The molecule has 1 aromatic carbocycles. The Labute approximate surface area is 148 Å². The van der Waals surface area contributed by atoms with Crippen LogP contribution in [-0.2, 0) is 0 Å². The molecule has 23 heavy (non-hydrogen) atoms. The van der Waals surface area contributed by atoms with Gasteiger partial charge in [-0.05, 0) is 0 Å². The van der Waals surface area contributed by atoms with Gasteiger partial charge in [-0.1, -0.05) is 0 Å². The third kappa shape index (κ3) is 7.32. The molecule has 1 rings (SSSR count). The molecule has 0 bridgehead atoms. The zero-order valence-electron chi connectivity index (χ0n) is 15.6. The van der Waals surface area contributed by atoms with Crippen LogP contribution in [0.25, 0.3) is 0 Å². The fourth-order valence-electron chi connectivity index (χ4n) is 3.29. The summed E-state index contributed by atoms with van der Waals surface area (Å²) in [4.78, 5) is 0. The van der Waals surface area contributed by atoms with Gasteiger partial charge in [0.15, 0.2) is 0 Å². The monoisotopic (exact) mass is 424 g/mol. The normalized spacial score (nSPS) is 11.4. The second kappa shape index (κ2) is 12.0. The molecule has 0 saturated heterocycles. The topological polar surface area (TPSA) is 9.23 Å². The van der Waals surface area contributed by atoms with Crippen molar-refractivity contribution in [3.63, 3.8) is 0 Å². The first-order chi connectivity index (χ1) is 11.2. The van der Waals surface area contributed by atoms with Gasteiger partial charge in [-0.25, -0.2) is 0 Å². The maximum atomic E-state index is 6.07. The van der Waals surface area contributed by atoms with Crippen molar-refractivity contribution in [3.8, 4) is 5.75 Å². The second-order valence-electron chi connectivity index (χ2n) is 6.80. The average Bonchev–Trinajstić information content (AvgIpc) is 2.60. The summed E-state index contributed by atoms with van der Waals surface area (Å²) in [6.07, 6.45) is 8.08. The Hall–Kier alpha value is -0.441. The Bertz CT molecular complexity index is 405. The molecule has 0 spiro atoms. The van der Waals surface area contributed by atoms with Crippen molar-refractivity contribution >= 4 is 18.4 Å². The Morgan fingerprint density at radius 3 is 1.78 bits per heavy atom. The van der Waals surface area contributed by atoms with Crippen molar-refractivity contribution in [3.05, 3.63) is 40.5 Å². The molecule has 0 heterocycles. The van der Waals surface area contributed by atoms with Gasteiger partial charge in [-0.15, -0.1) is 0 Å². The Balaban J connectivity index is 2.78. The van der Waals surface area contributed by atoms with E-state index in [1.807, 2.05) is 18.2 Å². The number of unbranched alkanes of at least 4 members (excludes halogenated alkanes) is 3. The first-order valence-corrected chi connectivity index (χ1v) is 17.0. The molecule has 0 aliphatic heterocycles. The standard InChI is InChI=1S/C9H9O.3C4H9.Sn/c1-2-8-10-9-6-4-3-5-7-9;3*1-3-4-2;/h3-7H,1,8H2;3*1,3-4H2,2H3;. The van der Waals surface area contributed by atoms with E-state index in [1.54, 1.807) is 0 Å². The maximum absolute atomic E-state index is 6.07. The summed E-state index contributed by atoms with van der Waals surface area (Å²) in [7, 11) is 0. The zero-order chi connectivity index (χ0) is 17.0. The molecule has 0 atom stereocenters. The van der Waals surface area contributed by atoms with Crippen molar-refractivity contribution in [2.24, 2.45) is 0 Å². The van der Waals surface area contributed by atoms with E-state index in [-0.39, 0.29) is 0 Å². The molecule has 0 aromatic heterocycles. The van der Waals surface area contributed by atoms with Gasteiger partial charge in [0.25, 0.3) is 0 Å². The first kappa shape index (κ1) is 20.6. The number of benzene rings is 1. The van der Waals surface area contributed by atoms with E-state index in [4.69, 9.17) is 4.74 Å². The van der Waals surface area contributed by atoms with Crippen molar-refractivity contribution < 1.29 is 4.74 Å². The van der Waals surface area contributed by atoms with Gasteiger partial charge in [-0.2, -0.15) is 0 Å². The molecule has 0 unspecified atom stereocenters. The number of rotatable bonds is 13. The van der Waals surface area contributed by atoms with E-state index in [0.29, 0.717) is 0 Å². The summed E-state index contributed by atoms with van der Waals surface area (Å²) in [6.45, 7) is 12.3. The molecule has 2 heteroatoms. The van der Waals surface area contributed by atoms with E-state index in [2.05, 4.69) is 39.5 Å². The molecular formula is C21H36OSn. The molecule has 0 radical (unpaired) electrons. The van der Waals surface area contributed by atoms with Crippen LogP contribution in [0.15, 0.2) is 40.5 Å². The average molecular weight is 423 g/mol. The van der Waals surface area contributed by atoms with Crippen LogP contribution < -0.4 is 4.74 Å². The van der Waals surface area contributed by atoms with Crippen LogP contribution >= 0.6 is 0 Å². The van der Waals surface area contributed by atoms with Gasteiger partial charge in [0.05, 0.1) is 0 Å². The number of ether oxygens (including phenoxy) is 1. The third-order valence-corrected chi connectivity index (χ3v) is 20.8. The fraction of sp³-hybridized carbons (Fsp3) is 0.619. The van der Waals surface area contributed by atoms with Gasteiger partial charge in [0, 0.05) is 0 Å². The summed E-state index contributed by atoms with van der Waals surface area (Å²) >= 11 is -2.31. The summed E-state index contributed by atoms with van der Waals surface area (Å²) in [5.74, 6) is 0.982. The predicted molar refractivity (Wildman–Crippen MR) is 106 cm³/mol. The molecule has 0 fully saturated rings. The van der Waals surface area contributed by atoms with E-state index >= 15 is 0 Å². The van der Waals surface area contributed by atoms with Crippen LogP contribution in [0.5, 0.6) is 5.75 Å². The number of hydrogen-bond donors (Lipinski definition) is 0. The molecule has 0 saturated carbocycles. The molecule has 0 N–H and O–H groups in total. The Morgan fingerprint density at radius 2 is 1.35 bits per heavy atom. The second-order valence-corrected chi connectivity index (χ2v) is 20.4. The van der Waals surface area contributed by atoms with Crippen LogP contribution in [0.4, 0.5) is 0 Å². The molecular weight excluding hydrogens is 387 g/mol. The Kier molecular flexibility index (Phi) is 10.7. The minimum atomic E-state index is -2.31. The van der Waals surface area contributed by atoms with Crippen LogP contribution in [0.3, 0.4) is 0 Å². The summed E-state index contributed by atoms with van der Waals surface area (Å²) in [5, 5.41) is 0. The van der Waals surface area contributed by atoms with Crippen LogP contribution in [0, 0.1) is 0 Å². The van der Waals surface area contributed by atoms with Gasteiger partial charge in [-0.3, -0.25) is 0 Å². The molecule has 1 aromatic rings. The van der Waals surface area contributed by atoms with E-state index in [1.165, 1.54) is 55.4 Å². The van der Waals surface area contributed by atoms with Gasteiger partial charge in [0.2, 0.25) is 0 Å². The van der Waals surface area contributed by atoms with Crippen molar-refractivity contribution in [2.45, 2.75) is 72.6 Å². The van der Waals surface area contributed by atoms with Crippen molar-refractivity contribution in [1.29, 1.82) is 0 Å². The van der Waals surface area contributed by atoms with E-state index < -0.39 is 18.4 Å². The van der Waals surface area contributed by atoms with Gasteiger partial charge >= 0.3 is 149 Å². The summed E-state index contributed by atoms with van der Waals surface area (Å²) in [6, 6.07) is 10.2. The molecule has 0 amide bonds.